The number of halogens is 3. The Bertz CT molecular complexity index is 1130. The Morgan fingerprint density at radius 2 is 1.97 bits per heavy atom. The highest BCUT2D eigenvalue weighted by Crippen LogP contribution is 2.46. The standard InChI is InChI=1S/C25H30F3N5O2/c1-17-11-18(2)33(30-17)8-5-23(35)31-9-6-24(7-10-31)16-32(14-20(24)15-34)21-4-3-19(13-29)22(12-21)25(26,27)28/h3-4,11-12,20,34H,5-10,14-16H2,1-2H3. The molecular formula is C25H30F3N5O2. The first-order chi connectivity index (χ1) is 16.6. The lowest BCUT2D eigenvalue weighted by molar-refractivity contribution is -0.137. The largest absolute Gasteiger partial charge is 0.417 e. The van der Waals surface area contributed by atoms with Gasteiger partial charge in [-0.2, -0.15) is 23.5 Å². The molecule has 3 heterocycles. The van der Waals surface area contributed by atoms with Crippen LogP contribution in [0.2, 0.25) is 0 Å². The van der Waals surface area contributed by atoms with E-state index in [0.29, 0.717) is 57.7 Å². The lowest BCUT2D eigenvalue weighted by atomic mass is 9.71. The maximum absolute atomic E-state index is 13.5. The van der Waals surface area contributed by atoms with Crippen molar-refractivity contribution in [3.05, 3.63) is 46.8 Å². The number of amides is 1. The summed E-state index contributed by atoms with van der Waals surface area (Å²) in [7, 11) is 0. The minimum absolute atomic E-state index is 0.0599. The smallest absolute Gasteiger partial charge is 0.396 e. The molecule has 2 aliphatic heterocycles. The molecule has 2 saturated heterocycles. The first kappa shape index (κ1) is 25.0. The van der Waals surface area contributed by atoms with Crippen LogP contribution >= 0.6 is 0 Å². The molecule has 7 nitrogen and oxygen atoms in total. The van der Waals surface area contributed by atoms with E-state index < -0.39 is 17.3 Å². The molecule has 0 radical (unpaired) electrons. The fraction of sp³-hybridized carbons (Fsp3) is 0.560. The molecule has 1 atom stereocenters. The maximum atomic E-state index is 13.5. The molecule has 0 aliphatic carbocycles. The number of nitriles is 1. The van der Waals surface area contributed by atoms with Crippen molar-refractivity contribution >= 4 is 11.6 Å². The zero-order valence-electron chi connectivity index (χ0n) is 20.0. The molecule has 1 aromatic carbocycles. The zero-order valence-corrected chi connectivity index (χ0v) is 20.0. The summed E-state index contributed by atoms with van der Waals surface area (Å²) in [5.41, 5.74) is 0.716. The zero-order chi connectivity index (χ0) is 25.4. The van der Waals surface area contributed by atoms with E-state index >= 15 is 0 Å². The van der Waals surface area contributed by atoms with Crippen LogP contribution in [0.25, 0.3) is 0 Å². The number of aryl methyl sites for hydroxylation is 3. The van der Waals surface area contributed by atoms with Crippen molar-refractivity contribution in [3.63, 3.8) is 0 Å². The molecule has 0 saturated carbocycles. The molecule has 0 bridgehead atoms. The normalized spacial score (nSPS) is 19.9. The van der Waals surface area contributed by atoms with Gasteiger partial charge in [-0.3, -0.25) is 9.48 Å². The van der Waals surface area contributed by atoms with E-state index in [1.165, 1.54) is 6.07 Å². The van der Waals surface area contributed by atoms with Crippen molar-refractivity contribution in [2.45, 2.75) is 45.8 Å². The van der Waals surface area contributed by atoms with Gasteiger partial charge in [0.15, 0.2) is 0 Å². The van der Waals surface area contributed by atoms with Crippen LogP contribution in [0.1, 0.15) is 41.8 Å². The predicted octanol–water partition coefficient (Wildman–Crippen LogP) is 3.52. The quantitative estimate of drug-likeness (QED) is 0.695. The topological polar surface area (TPSA) is 85.4 Å². The molecule has 10 heteroatoms. The summed E-state index contributed by atoms with van der Waals surface area (Å²) in [6.07, 6.45) is -2.89. The van der Waals surface area contributed by atoms with Gasteiger partial charge in [-0.1, -0.05) is 0 Å². The first-order valence-corrected chi connectivity index (χ1v) is 11.8. The van der Waals surface area contributed by atoms with Gasteiger partial charge in [0.25, 0.3) is 0 Å². The van der Waals surface area contributed by atoms with E-state index in [1.54, 1.807) is 12.1 Å². The van der Waals surface area contributed by atoms with Crippen molar-refractivity contribution < 1.29 is 23.1 Å². The van der Waals surface area contributed by atoms with Crippen molar-refractivity contribution in [3.8, 4) is 6.07 Å². The predicted molar refractivity (Wildman–Crippen MR) is 124 cm³/mol. The van der Waals surface area contributed by atoms with E-state index in [0.717, 1.165) is 17.5 Å². The number of anilines is 1. The number of hydrogen-bond acceptors (Lipinski definition) is 5. The van der Waals surface area contributed by atoms with Crippen LogP contribution in [0.5, 0.6) is 0 Å². The van der Waals surface area contributed by atoms with E-state index in [1.807, 2.05) is 34.4 Å². The third-order valence-electron chi connectivity index (χ3n) is 7.58. The number of rotatable bonds is 5. The fourth-order valence-corrected chi connectivity index (χ4v) is 5.57. The Labute approximate surface area is 202 Å². The summed E-state index contributed by atoms with van der Waals surface area (Å²) >= 11 is 0. The number of nitrogens with zero attached hydrogens (tertiary/aromatic N) is 5. The molecule has 2 fully saturated rings. The molecule has 2 aliphatic rings. The minimum atomic E-state index is -4.62. The van der Waals surface area contributed by atoms with E-state index in [-0.39, 0.29) is 23.8 Å². The second kappa shape index (κ2) is 9.53. The van der Waals surface area contributed by atoms with Crippen LogP contribution in [-0.2, 0) is 17.5 Å². The summed E-state index contributed by atoms with van der Waals surface area (Å²) in [4.78, 5) is 16.5. The highest BCUT2D eigenvalue weighted by molar-refractivity contribution is 5.76. The Kier molecular flexibility index (Phi) is 6.82. The average Bonchev–Trinajstić information content (AvgIpc) is 3.35. The third kappa shape index (κ3) is 5.01. The van der Waals surface area contributed by atoms with Crippen molar-refractivity contribution in [2.75, 3.05) is 37.7 Å². The van der Waals surface area contributed by atoms with Crippen LogP contribution < -0.4 is 4.90 Å². The second-order valence-electron chi connectivity index (χ2n) is 9.74. The van der Waals surface area contributed by atoms with Crippen LogP contribution in [0, 0.1) is 36.5 Å². The molecule has 2 aromatic rings. The van der Waals surface area contributed by atoms with Crippen LogP contribution in [0.3, 0.4) is 0 Å². The third-order valence-corrected chi connectivity index (χ3v) is 7.58. The van der Waals surface area contributed by atoms with Gasteiger partial charge >= 0.3 is 6.18 Å². The molecule has 1 N–H and O–H groups in total. The van der Waals surface area contributed by atoms with Gasteiger partial charge in [0, 0.05) is 63.1 Å². The van der Waals surface area contributed by atoms with E-state index in [9.17, 15) is 23.1 Å². The summed E-state index contributed by atoms with van der Waals surface area (Å²) in [5, 5.41) is 23.6. The number of carbonyl (C=O) groups excluding carboxylic acids is 1. The summed E-state index contributed by atoms with van der Waals surface area (Å²) in [6.45, 7) is 6.39. The molecule has 4 rings (SSSR count). The Balaban J connectivity index is 1.42. The molecule has 188 valence electrons. The van der Waals surface area contributed by atoms with E-state index in [4.69, 9.17) is 5.26 Å². The van der Waals surface area contributed by atoms with Gasteiger partial charge in [0.05, 0.1) is 22.9 Å². The molecule has 35 heavy (non-hydrogen) atoms. The highest BCUT2D eigenvalue weighted by atomic mass is 19.4. The Morgan fingerprint density at radius 3 is 2.54 bits per heavy atom. The molecule has 1 unspecified atom stereocenters. The Morgan fingerprint density at radius 1 is 1.26 bits per heavy atom. The summed E-state index contributed by atoms with van der Waals surface area (Å²) in [5.74, 6) is -0.0378. The minimum Gasteiger partial charge on any atom is -0.396 e. The number of benzene rings is 1. The first-order valence-electron chi connectivity index (χ1n) is 11.8. The fourth-order valence-electron chi connectivity index (χ4n) is 5.57. The number of aliphatic hydroxyl groups excluding tert-OH is 1. The summed E-state index contributed by atoms with van der Waals surface area (Å²) < 4.78 is 42.2. The van der Waals surface area contributed by atoms with Crippen LogP contribution in [0.4, 0.5) is 18.9 Å². The summed E-state index contributed by atoms with van der Waals surface area (Å²) in [6, 6.07) is 7.37. The lowest BCUT2D eigenvalue weighted by Crippen LogP contribution is -2.47. The van der Waals surface area contributed by atoms with Gasteiger partial charge in [-0.15, -0.1) is 0 Å². The molecule has 1 aromatic heterocycles. The van der Waals surface area contributed by atoms with E-state index in [2.05, 4.69) is 5.10 Å². The number of alkyl halides is 3. The molecule has 1 amide bonds. The SMILES string of the molecule is Cc1cc(C)n(CCC(=O)N2CCC3(CC2)CN(c2ccc(C#N)c(C(F)(F)F)c2)CC3CO)n1. The highest BCUT2D eigenvalue weighted by Gasteiger charge is 2.48. The number of aliphatic hydroxyl groups is 1. The average molecular weight is 490 g/mol. The lowest BCUT2D eigenvalue weighted by Gasteiger charge is -2.42. The van der Waals surface area contributed by atoms with Crippen molar-refractivity contribution in [2.24, 2.45) is 11.3 Å². The number of aromatic nitrogens is 2. The van der Waals surface area contributed by atoms with Gasteiger partial charge in [0.2, 0.25) is 5.91 Å². The van der Waals surface area contributed by atoms with Gasteiger partial charge in [-0.05, 0) is 56.4 Å². The van der Waals surface area contributed by atoms with Crippen LogP contribution in [0.15, 0.2) is 24.3 Å². The van der Waals surface area contributed by atoms with Crippen molar-refractivity contribution in [1.82, 2.24) is 14.7 Å². The number of piperidine rings is 1. The monoisotopic (exact) mass is 489 g/mol. The van der Waals surface area contributed by atoms with Gasteiger partial charge in [0.1, 0.15) is 0 Å². The molecular weight excluding hydrogens is 459 g/mol. The number of likely N-dealkylation sites (tertiary alicyclic amines) is 1. The molecule has 1 spiro atoms. The Hall–Kier alpha value is -3.06. The number of hydrogen-bond donors (Lipinski definition) is 1. The van der Waals surface area contributed by atoms with Gasteiger partial charge < -0.3 is 14.9 Å². The number of carbonyl (C=O) groups is 1. The van der Waals surface area contributed by atoms with Crippen LogP contribution in [-0.4, -0.2) is 58.5 Å². The second-order valence-corrected chi connectivity index (χ2v) is 9.74. The maximum Gasteiger partial charge on any atom is 0.417 e. The van der Waals surface area contributed by atoms with Gasteiger partial charge in [-0.25, -0.2) is 0 Å². The van der Waals surface area contributed by atoms with Crippen molar-refractivity contribution in [1.29, 1.82) is 5.26 Å².